The van der Waals surface area contributed by atoms with E-state index >= 15 is 0 Å². The van der Waals surface area contributed by atoms with E-state index in [1.807, 2.05) is 31.2 Å². The van der Waals surface area contributed by atoms with Crippen LogP contribution in [0.25, 0.3) is 10.9 Å². The van der Waals surface area contributed by atoms with Gasteiger partial charge in [0, 0.05) is 18.1 Å². The molecule has 92 valence electrons. The molecule has 0 radical (unpaired) electrons. The highest BCUT2D eigenvalue weighted by atomic mass is 16.5. The van der Waals surface area contributed by atoms with E-state index in [0.717, 1.165) is 10.9 Å². The second-order valence-corrected chi connectivity index (χ2v) is 3.68. The van der Waals surface area contributed by atoms with Gasteiger partial charge in [0.15, 0.2) is 0 Å². The molecule has 1 heterocycles. The lowest BCUT2D eigenvalue weighted by atomic mass is 10.1. The number of benzene rings is 1. The second-order valence-electron chi connectivity index (χ2n) is 3.68. The number of ether oxygens (including phenoxy) is 2. The zero-order valence-corrected chi connectivity index (χ0v) is 10.2. The van der Waals surface area contributed by atoms with Crippen molar-refractivity contribution in [3.05, 3.63) is 35.9 Å². The molecule has 0 unspecified atom stereocenters. The highest BCUT2D eigenvalue weighted by molar-refractivity contribution is 5.85. The molecule has 18 heavy (non-hydrogen) atoms. The number of nitriles is 1. The summed E-state index contributed by atoms with van der Waals surface area (Å²) in [6, 6.07) is 11.3. The molecular formula is C14H14N2O2. The fourth-order valence-electron chi connectivity index (χ4n) is 1.67. The van der Waals surface area contributed by atoms with Crippen LogP contribution >= 0.6 is 0 Å². The molecule has 0 aliphatic heterocycles. The Labute approximate surface area is 106 Å². The lowest BCUT2D eigenvalue weighted by molar-refractivity contribution is 0.108. The molecule has 0 saturated carbocycles. The largest absolute Gasteiger partial charge is 0.475 e. The summed E-state index contributed by atoms with van der Waals surface area (Å²) in [5.41, 5.74) is 1.34. The molecule has 2 aromatic rings. The smallest absolute Gasteiger partial charge is 0.215 e. The Bertz CT molecular complexity index is 576. The van der Waals surface area contributed by atoms with Crippen molar-refractivity contribution in [3.63, 3.8) is 0 Å². The van der Waals surface area contributed by atoms with Gasteiger partial charge in [0.2, 0.25) is 5.88 Å². The zero-order valence-electron chi connectivity index (χ0n) is 10.2. The van der Waals surface area contributed by atoms with Crippen molar-refractivity contribution in [1.29, 1.82) is 5.26 Å². The third-order valence-corrected chi connectivity index (χ3v) is 2.49. The molecule has 2 rings (SSSR count). The van der Waals surface area contributed by atoms with Gasteiger partial charge in [-0.3, -0.25) is 0 Å². The average molecular weight is 242 g/mol. The van der Waals surface area contributed by atoms with Gasteiger partial charge < -0.3 is 9.47 Å². The number of fused-ring (bicyclic) bond motifs is 1. The molecule has 1 aromatic heterocycles. The Morgan fingerprint density at radius 1 is 1.28 bits per heavy atom. The molecule has 0 fully saturated rings. The molecule has 1 aromatic carbocycles. The normalized spacial score (nSPS) is 10.2. The van der Waals surface area contributed by atoms with Crippen LogP contribution in [0, 0.1) is 11.3 Å². The van der Waals surface area contributed by atoms with Gasteiger partial charge in [0.1, 0.15) is 12.7 Å². The third kappa shape index (κ3) is 2.76. The van der Waals surface area contributed by atoms with Crippen LogP contribution in [-0.4, -0.2) is 24.8 Å². The maximum absolute atomic E-state index is 9.11. The van der Waals surface area contributed by atoms with Crippen LogP contribution in [-0.2, 0) is 4.74 Å². The molecule has 0 N–H and O–H groups in total. The third-order valence-electron chi connectivity index (χ3n) is 2.49. The van der Waals surface area contributed by atoms with Gasteiger partial charge in [-0.2, -0.15) is 5.26 Å². The van der Waals surface area contributed by atoms with E-state index in [1.165, 1.54) is 0 Å². The lowest BCUT2D eigenvalue weighted by Gasteiger charge is -2.07. The predicted molar refractivity (Wildman–Crippen MR) is 68.4 cm³/mol. The number of hydrogen-bond donors (Lipinski definition) is 0. The van der Waals surface area contributed by atoms with Gasteiger partial charge in [0.25, 0.3) is 0 Å². The summed E-state index contributed by atoms with van der Waals surface area (Å²) >= 11 is 0. The van der Waals surface area contributed by atoms with Crippen LogP contribution in [0.2, 0.25) is 0 Å². The van der Waals surface area contributed by atoms with E-state index in [4.69, 9.17) is 14.7 Å². The van der Waals surface area contributed by atoms with E-state index in [2.05, 4.69) is 11.1 Å². The maximum Gasteiger partial charge on any atom is 0.215 e. The van der Waals surface area contributed by atoms with E-state index in [-0.39, 0.29) is 0 Å². The first kappa shape index (κ1) is 12.3. The summed E-state index contributed by atoms with van der Waals surface area (Å²) in [6.45, 7) is 3.55. The molecule has 0 saturated heterocycles. The topological polar surface area (TPSA) is 55.1 Å². The maximum atomic E-state index is 9.11. The molecule has 0 aliphatic carbocycles. The summed E-state index contributed by atoms with van der Waals surface area (Å²) in [7, 11) is 0. The van der Waals surface area contributed by atoms with Crippen molar-refractivity contribution in [2.45, 2.75) is 6.92 Å². The van der Waals surface area contributed by atoms with E-state index < -0.39 is 0 Å². The zero-order chi connectivity index (χ0) is 12.8. The van der Waals surface area contributed by atoms with Gasteiger partial charge in [-0.1, -0.05) is 18.2 Å². The molecule has 0 atom stereocenters. The molecule has 0 amide bonds. The molecular weight excluding hydrogens is 228 g/mol. The van der Waals surface area contributed by atoms with Gasteiger partial charge in [-0.05, 0) is 13.0 Å². The number of pyridine rings is 1. The van der Waals surface area contributed by atoms with E-state index in [1.54, 1.807) is 6.07 Å². The molecule has 4 heteroatoms. The number of hydrogen-bond acceptors (Lipinski definition) is 4. The SMILES string of the molecule is CCOCCOc1cc(C#N)c2ccccc2n1. The van der Waals surface area contributed by atoms with Crippen molar-refractivity contribution in [1.82, 2.24) is 4.98 Å². The summed E-state index contributed by atoms with van der Waals surface area (Å²) in [5, 5.41) is 9.96. The second kappa shape index (κ2) is 5.99. The number of rotatable bonds is 5. The predicted octanol–water partition coefficient (Wildman–Crippen LogP) is 2.52. The van der Waals surface area contributed by atoms with Crippen LogP contribution in [0.15, 0.2) is 30.3 Å². The summed E-state index contributed by atoms with van der Waals surface area (Å²) in [5.74, 6) is 0.463. The highest BCUT2D eigenvalue weighted by Crippen LogP contribution is 2.21. The first-order valence-electron chi connectivity index (χ1n) is 5.85. The quantitative estimate of drug-likeness (QED) is 0.756. The van der Waals surface area contributed by atoms with Gasteiger partial charge in [0.05, 0.1) is 17.7 Å². The Hall–Kier alpha value is -2.12. The van der Waals surface area contributed by atoms with Gasteiger partial charge in [-0.25, -0.2) is 4.98 Å². The summed E-state index contributed by atoms with van der Waals surface area (Å²) in [6.07, 6.45) is 0. The summed E-state index contributed by atoms with van der Waals surface area (Å²) < 4.78 is 10.7. The molecule has 0 aliphatic rings. The van der Waals surface area contributed by atoms with Crippen molar-refractivity contribution in [3.8, 4) is 11.9 Å². The van der Waals surface area contributed by atoms with Crippen LogP contribution in [0.5, 0.6) is 5.88 Å². The number of para-hydroxylation sites is 1. The van der Waals surface area contributed by atoms with Crippen LogP contribution in [0.1, 0.15) is 12.5 Å². The van der Waals surface area contributed by atoms with E-state index in [9.17, 15) is 0 Å². The Morgan fingerprint density at radius 3 is 2.89 bits per heavy atom. The minimum absolute atomic E-state index is 0.435. The Balaban J connectivity index is 2.22. The van der Waals surface area contributed by atoms with Gasteiger partial charge in [-0.15, -0.1) is 0 Å². The van der Waals surface area contributed by atoms with E-state index in [0.29, 0.717) is 31.3 Å². The minimum atomic E-state index is 0.435. The standard InChI is InChI=1S/C14H14N2O2/c1-2-17-7-8-18-14-9-11(10-15)12-5-3-4-6-13(12)16-14/h3-6,9H,2,7-8H2,1H3. The van der Waals surface area contributed by atoms with Crippen LogP contribution in [0.4, 0.5) is 0 Å². The minimum Gasteiger partial charge on any atom is -0.475 e. The Kier molecular flexibility index (Phi) is 4.11. The molecule has 0 bridgehead atoms. The van der Waals surface area contributed by atoms with Crippen LogP contribution in [0.3, 0.4) is 0 Å². The van der Waals surface area contributed by atoms with Crippen molar-refractivity contribution in [2.75, 3.05) is 19.8 Å². The van der Waals surface area contributed by atoms with Crippen molar-refractivity contribution in [2.24, 2.45) is 0 Å². The number of aromatic nitrogens is 1. The highest BCUT2D eigenvalue weighted by Gasteiger charge is 2.05. The van der Waals surface area contributed by atoms with Crippen molar-refractivity contribution < 1.29 is 9.47 Å². The first-order chi connectivity index (χ1) is 8.85. The van der Waals surface area contributed by atoms with Crippen LogP contribution < -0.4 is 4.74 Å². The van der Waals surface area contributed by atoms with Gasteiger partial charge >= 0.3 is 0 Å². The number of nitrogens with zero attached hydrogens (tertiary/aromatic N) is 2. The average Bonchev–Trinajstić information content (AvgIpc) is 2.42. The van der Waals surface area contributed by atoms with Crippen molar-refractivity contribution >= 4 is 10.9 Å². The fourth-order valence-corrected chi connectivity index (χ4v) is 1.67. The first-order valence-corrected chi connectivity index (χ1v) is 5.85. The monoisotopic (exact) mass is 242 g/mol. The molecule has 4 nitrogen and oxygen atoms in total. The molecule has 0 spiro atoms. The fraction of sp³-hybridized carbons (Fsp3) is 0.286. The summed E-state index contributed by atoms with van der Waals surface area (Å²) in [4.78, 5) is 4.35. The Morgan fingerprint density at radius 2 is 2.11 bits per heavy atom. The lowest BCUT2D eigenvalue weighted by Crippen LogP contribution is -2.07.